The largest absolute Gasteiger partial charge is 0.124 e. The molecule has 1 radical (unpaired) electrons. The molecule has 0 N–H and O–H groups in total. The van der Waals surface area contributed by atoms with E-state index in [1.807, 2.05) is 0 Å². The summed E-state index contributed by atoms with van der Waals surface area (Å²) >= 11 is 9.31. The van der Waals surface area contributed by atoms with E-state index in [0.29, 0.717) is 0 Å². The van der Waals surface area contributed by atoms with Crippen LogP contribution in [0, 0.1) is 0 Å². The standard InChI is InChI=1S/CHBr3.K/c2-1(3)4;/h1H;. The van der Waals surface area contributed by atoms with Crippen LogP contribution in [0.5, 0.6) is 0 Å². The van der Waals surface area contributed by atoms with Crippen molar-refractivity contribution in [1.82, 2.24) is 0 Å². The predicted octanol–water partition coefficient (Wildman–Crippen LogP) is 2.07. The zero-order valence-corrected chi connectivity index (χ0v) is 10.6. The molecule has 27 valence electrons. The van der Waals surface area contributed by atoms with Gasteiger partial charge in [0, 0.05) is 51.4 Å². The summed E-state index contributed by atoms with van der Waals surface area (Å²) in [5.74, 6) is 0. The van der Waals surface area contributed by atoms with E-state index in [0.717, 1.165) is 0 Å². The molecule has 0 bridgehead atoms. The second-order valence-electron chi connectivity index (χ2n) is 0.247. The second kappa shape index (κ2) is 7.08. The summed E-state index contributed by atoms with van der Waals surface area (Å²) in [5.41, 5.74) is 0. The fourth-order valence-electron chi connectivity index (χ4n) is 0. The van der Waals surface area contributed by atoms with Gasteiger partial charge in [-0.25, -0.2) is 0 Å². The molecule has 0 aromatic heterocycles. The molecule has 0 heterocycles. The fourth-order valence-corrected chi connectivity index (χ4v) is 0. The third-order valence-electron chi connectivity index (χ3n) is 0. The summed E-state index contributed by atoms with van der Waals surface area (Å²) in [6.07, 6.45) is 0. The Morgan fingerprint density at radius 3 is 1.00 bits per heavy atom. The summed E-state index contributed by atoms with van der Waals surface area (Å²) in [6.45, 7) is 0. The zero-order chi connectivity index (χ0) is 3.58. The Balaban J connectivity index is 0. The average molecular weight is 292 g/mol. The van der Waals surface area contributed by atoms with E-state index < -0.39 is 0 Å². The summed E-state index contributed by atoms with van der Waals surface area (Å²) < 4.78 is 0.271. The van der Waals surface area contributed by atoms with Gasteiger partial charge in [0.2, 0.25) is 0 Å². The zero-order valence-electron chi connectivity index (χ0n) is 2.71. The van der Waals surface area contributed by atoms with Crippen molar-refractivity contribution >= 4 is 99.2 Å². The van der Waals surface area contributed by atoms with E-state index in [-0.39, 0.29) is 54.0 Å². The quantitative estimate of drug-likeness (QED) is 0.473. The molecule has 0 fully saturated rings. The van der Waals surface area contributed by atoms with Crippen LogP contribution in [0.1, 0.15) is 0 Å². The number of rotatable bonds is 0. The van der Waals surface area contributed by atoms with Crippen molar-refractivity contribution in [3.8, 4) is 0 Å². The van der Waals surface area contributed by atoms with E-state index in [9.17, 15) is 0 Å². The first-order valence-electron chi connectivity index (χ1n) is 0.655. The SMILES string of the molecule is BrC(Br)Br.[K]. The third-order valence-corrected chi connectivity index (χ3v) is 0. The average Bonchev–Trinajstić information content (AvgIpc) is 0.811. The van der Waals surface area contributed by atoms with E-state index in [1.54, 1.807) is 0 Å². The number of hydrogen-bond acceptors (Lipinski definition) is 0. The Morgan fingerprint density at radius 2 is 1.00 bits per heavy atom. The van der Waals surface area contributed by atoms with E-state index in [4.69, 9.17) is 0 Å². The van der Waals surface area contributed by atoms with Gasteiger partial charge < -0.3 is 0 Å². The monoisotopic (exact) mass is 289 g/mol. The first kappa shape index (κ1) is 11.0. The van der Waals surface area contributed by atoms with Crippen molar-refractivity contribution in [3.05, 3.63) is 0 Å². The van der Waals surface area contributed by atoms with Crippen LogP contribution in [0.25, 0.3) is 0 Å². The normalized spacial score (nSPS) is 7.20. The topological polar surface area (TPSA) is 0 Å². The van der Waals surface area contributed by atoms with Crippen LogP contribution in [-0.2, 0) is 0 Å². The first-order chi connectivity index (χ1) is 1.73. The molecule has 0 aliphatic heterocycles. The molecule has 0 aromatic rings. The minimum Gasteiger partial charge on any atom is -0.0637 e. The molecule has 4 heteroatoms. The minimum atomic E-state index is 0. The van der Waals surface area contributed by atoms with Gasteiger partial charge >= 0.3 is 0 Å². The van der Waals surface area contributed by atoms with Gasteiger partial charge in [-0.15, -0.1) is 0 Å². The molecular weight excluding hydrogens is 291 g/mol. The van der Waals surface area contributed by atoms with Crippen LogP contribution < -0.4 is 0 Å². The molecule has 0 aromatic carbocycles. The summed E-state index contributed by atoms with van der Waals surface area (Å²) in [7, 11) is 0. The maximum absolute atomic E-state index is 3.10. The van der Waals surface area contributed by atoms with Gasteiger partial charge in [0.25, 0.3) is 0 Å². The molecule has 0 aliphatic rings. The molecule has 0 unspecified atom stereocenters. The minimum absolute atomic E-state index is 0. The van der Waals surface area contributed by atoms with Crippen molar-refractivity contribution in [1.29, 1.82) is 0 Å². The van der Waals surface area contributed by atoms with Crippen molar-refractivity contribution in [3.63, 3.8) is 0 Å². The van der Waals surface area contributed by atoms with E-state index in [1.165, 1.54) is 0 Å². The van der Waals surface area contributed by atoms with Crippen molar-refractivity contribution in [2.45, 2.75) is 2.65 Å². The first-order valence-corrected chi connectivity index (χ1v) is 3.40. The van der Waals surface area contributed by atoms with Gasteiger partial charge in [-0.05, 0) is 0 Å². The third kappa shape index (κ3) is 19.3. The maximum atomic E-state index is 3.10. The Bertz CT molecular complexity index is 11.6. The Morgan fingerprint density at radius 1 is 1.00 bits per heavy atom. The van der Waals surface area contributed by atoms with Crippen LogP contribution in [0.3, 0.4) is 0 Å². The molecule has 0 nitrogen and oxygen atoms in total. The molecule has 0 saturated carbocycles. The van der Waals surface area contributed by atoms with Gasteiger partial charge in [0.1, 0.15) is 2.65 Å². The smallest absolute Gasteiger partial charge is 0.0637 e. The van der Waals surface area contributed by atoms with Gasteiger partial charge in [0.15, 0.2) is 0 Å². The van der Waals surface area contributed by atoms with Crippen molar-refractivity contribution in [2.24, 2.45) is 0 Å². The molecule has 0 atom stereocenters. The molecular formula is CHBr3K. The number of hydrogen-bond donors (Lipinski definition) is 0. The van der Waals surface area contributed by atoms with Crippen molar-refractivity contribution < 1.29 is 0 Å². The summed E-state index contributed by atoms with van der Waals surface area (Å²) in [4.78, 5) is 0. The summed E-state index contributed by atoms with van der Waals surface area (Å²) in [5, 5.41) is 0. The van der Waals surface area contributed by atoms with Gasteiger partial charge in [0.05, 0.1) is 0 Å². The van der Waals surface area contributed by atoms with Crippen molar-refractivity contribution in [2.75, 3.05) is 0 Å². The summed E-state index contributed by atoms with van der Waals surface area (Å²) in [6, 6.07) is 0. The van der Waals surface area contributed by atoms with E-state index >= 15 is 0 Å². The van der Waals surface area contributed by atoms with Crippen LogP contribution in [0.2, 0.25) is 0 Å². The predicted molar refractivity (Wildman–Crippen MR) is 36.3 cm³/mol. The molecule has 0 rings (SSSR count). The van der Waals surface area contributed by atoms with Gasteiger partial charge in [-0.1, -0.05) is 47.8 Å². The second-order valence-corrected chi connectivity index (χ2v) is 6.68. The fraction of sp³-hybridized carbons (Fsp3) is 1.00. The van der Waals surface area contributed by atoms with Gasteiger partial charge in [-0.2, -0.15) is 0 Å². The molecule has 5 heavy (non-hydrogen) atoms. The molecule has 0 saturated heterocycles. The Kier molecular flexibility index (Phi) is 15.5. The Labute approximate surface area is 99.3 Å². The number of halogens is 3. The van der Waals surface area contributed by atoms with Gasteiger partial charge in [-0.3, -0.25) is 0 Å². The Hall–Kier alpha value is 3.08. The molecule has 0 aliphatic carbocycles. The van der Waals surface area contributed by atoms with Crippen LogP contribution in [0.4, 0.5) is 0 Å². The maximum Gasteiger partial charge on any atom is 0.124 e. The van der Waals surface area contributed by atoms with E-state index in [2.05, 4.69) is 47.8 Å². The van der Waals surface area contributed by atoms with Crippen LogP contribution in [-0.4, -0.2) is 54.0 Å². The van der Waals surface area contributed by atoms with Crippen LogP contribution in [0.15, 0.2) is 0 Å². The molecule has 0 spiro atoms. The van der Waals surface area contributed by atoms with Crippen LogP contribution >= 0.6 is 47.8 Å². The molecule has 0 amide bonds. The number of alkyl halides is 3.